The molecular weight excluding hydrogens is 290 g/mol. The second-order valence-corrected chi connectivity index (χ2v) is 7.15. The van der Waals surface area contributed by atoms with Crippen LogP contribution in [-0.4, -0.2) is 49.7 Å². The Morgan fingerprint density at radius 2 is 1.81 bits per heavy atom. The molecule has 2 rings (SSSR count). The fraction of sp³-hybridized carbons (Fsp3) is 0.500. The van der Waals surface area contributed by atoms with Gasteiger partial charge in [-0.05, 0) is 11.1 Å². The van der Waals surface area contributed by atoms with Crippen molar-refractivity contribution >= 4 is 15.9 Å². The zero-order chi connectivity index (χ0) is 15.5. The third kappa shape index (κ3) is 4.03. The predicted molar refractivity (Wildman–Crippen MR) is 80.8 cm³/mol. The van der Waals surface area contributed by atoms with E-state index in [1.165, 1.54) is 11.2 Å². The summed E-state index contributed by atoms with van der Waals surface area (Å²) in [5, 5.41) is 0. The van der Waals surface area contributed by atoms with Crippen LogP contribution in [0.5, 0.6) is 0 Å². The van der Waals surface area contributed by atoms with Crippen LogP contribution in [0.4, 0.5) is 0 Å². The number of piperazine rings is 1. The van der Waals surface area contributed by atoms with E-state index in [9.17, 15) is 13.2 Å². The molecule has 1 aromatic carbocycles. The first kappa shape index (κ1) is 15.9. The van der Waals surface area contributed by atoms with Crippen molar-refractivity contribution in [2.45, 2.75) is 19.2 Å². The van der Waals surface area contributed by atoms with Gasteiger partial charge in [0.25, 0.3) is 0 Å². The zero-order valence-electron chi connectivity index (χ0n) is 12.2. The Morgan fingerprint density at radius 1 is 1.19 bits per heavy atom. The molecule has 0 aliphatic carbocycles. The van der Waals surface area contributed by atoms with E-state index in [2.05, 4.69) is 0 Å². The summed E-state index contributed by atoms with van der Waals surface area (Å²) in [6, 6.07) is 7.31. The van der Waals surface area contributed by atoms with Gasteiger partial charge in [0.15, 0.2) is 0 Å². The number of carbonyl (C=O) groups excluding carboxylic acids is 1. The highest BCUT2D eigenvalue weighted by molar-refractivity contribution is 7.88. The highest BCUT2D eigenvalue weighted by Crippen LogP contribution is 2.15. The second-order valence-electron chi connectivity index (χ2n) is 5.19. The third-order valence-corrected chi connectivity index (χ3v) is 5.50. The average molecular weight is 311 g/mol. The van der Waals surface area contributed by atoms with E-state index >= 15 is 0 Å². The SMILES string of the molecule is CC(=O)N1CCN(S(=O)(=O)Cc2cccc(CN)c2)CC1. The highest BCUT2D eigenvalue weighted by atomic mass is 32.2. The van der Waals surface area contributed by atoms with Gasteiger partial charge in [0.05, 0.1) is 5.75 Å². The molecule has 0 saturated carbocycles. The van der Waals surface area contributed by atoms with Gasteiger partial charge in [-0.25, -0.2) is 8.42 Å². The number of rotatable bonds is 4. The van der Waals surface area contributed by atoms with Crippen molar-refractivity contribution in [3.8, 4) is 0 Å². The van der Waals surface area contributed by atoms with Gasteiger partial charge in [0.1, 0.15) is 0 Å². The molecule has 1 amide bonds. The van der Waals surface area contributed by atoms with Crippen LogP contribution in [0.15, 0.2) is 24.3 Å². The van der Waals surface area contributed by atoms with Gasteiger partial charge in [-0.3, -0.25) is 4.79 Å². The number of sulfonamides is 1. The van der Waals surface area contributed by atoms with Crippen LogP contribution in [-0.2, 0) is 27.1 Å². The lowest BCUT2D eigenvalue weighted by Crippen LogP contribution is -2.50. The standard InChI is InChI=1S/C14H21N3O3S/c1-12(18)16-5-7-17(8-6-16)21(19,20)11-14-4-2-3-13(9-14)10-15/h2-4,9H,5-8,10-11,15H2,1H3. The van der Waals surface area contributed by atoms with Gasteiger partial charge in [0.2, 0.25) is 15.9 Å². The molecule has 1 fully saturated rings. The summed E-state index contributed by atoms with van der Waals surface area (Å²) in [4.78, 5) is 12.9. The molecule has 0 aromatic heterocycles. The molecule has 1 heterocycles. The van der Waals surface area contributed by atoms with Gasteiger partial charge in [-0.1, -0.05) is 24.3 Å². The summed E-state index contributed by atoms with van der Waals surface area (Å²) >= 11 is 0. The van der Waals surface area contributed by atoms with Crippen LogP contribution in [0.25, 0.3) is 0 Å². The maximum atomic E-state index is 12.4. The number of benzene rings is 1. The van der Waals surface area contributed by atoms with Crippen LogP contribution in [0.2, 0.25) is 0 Å². The largest absolute Gasteiger partial charge is 0.340 e. The van der Waals surface area contributed by atoms with Crippen LogP contribution >= 0.6 is 0 Å². The number of amides is 1. The van der Waals surface area contributed by atoms with Crippen molar-refractivity contribution in [2.75, 3.05) is 26.2 Å². The molecule has 21 heavy (non-hydrogen) atoms. The number of hydrogen-bond acceptors (Lipinski definition) is 4. The fourth-order valence-corrected chi connectivity index (χ4v) is 3.93. The second kappa shape index (κ2) is 6.55. The van der Waals surface area contributed by atoms with Crippen molar-refractivity contribution in [3.63, 3.8) is 0 Å². The minimum atomic E-state index is -3.36. The van der Waals surface area contributed by atoms with Gasteiger partial charge >= 0.3 is 0 Å². The van der Waals surface area contributed by atoms with Crippen molar-refractivity contribution in [1.29, 1.82) is 0 Å². The minimum absolute atomic E-state index is 0.0114. The van der Waals surface area contributed by atoms with Gasteiger partial charge in [-0.2, -0.15) is 4.31 Å². The molecule has 2 N–H and O–H groups in total. The summed E-state index contributed by atoms with van der Waals surface area (Å²) in [5.41, 5.74) is 7.23. The minimum Gasteiger partial charge on any atom is -0.340 e. The van der Waals surface area contributed by atoms with E-state index in [0.29, 0.717) is 32.7 Å². The molecule has 1 aliphatic heterocycles. The predicted octanol–water partition coefficient (Wildman–Crippen LogP) is 0.139. The Bertz CT molecular complexity index is 608. The molecular formula is C14H21N3O3S. The van der Waals surface area contributed by atoms with E-state index < -0.39 is 10.0 Å². The monoisotopic (exact) mass is 311 g/mol. The van der Waals surface area contributed by atoms with Crippen LogP contribution in [0.3, 0.4) is 0 Å². The van der Waals surface area contributed by atoms with Crippen molar-refractivity contribution in [1.82, 2.24) is 9.21 Å². The Hall–Kier alpha value is -1.44. The fourth-order valence-electron chi connectivity index (χ4n) is 2.43. The summed E-state index contributed by atoms with van der Waals surface area (Å²) in [6.07, 6.45) is 0. The first-order valence-electron chi connectivity index (χ1n) is 6.93. The van der Waals surface area contributed by atoms with Gasteiger partial charge in [0, 0.05) is 39.6 Å². The molecule has 1 aliphatic rings. The van der Waals surface area contributed by atoms with Crippen LogP contribution in [0.1, 0.15) is 18.1 Å². The molecule has 0 radical (unpaired) electrons. The molecule has 0 spiro atoms. The van der Waals surface area contributed by atoms with E-state index in [-0.39, 0.29) is 11.7 Å². The Labute approximate surface area is 125 Å². The van der Waals surface area contributed by atoms with Crippen molar-refractivity contribution < 1.29 is 13.2 Å². The topological polar surface area (TPSA) is 83.7 Å². The van der Waals surface area contributed by atoms with Gasteiger partial charge < -0.3 is 10.6 Å². The van der Waals surface area contributed by atoms with Crippen molar-refractivity contribution in [2.24, 2.45) is 5.73 Å². The summed E-state index contributed by atoms with van der Waals surface area (Å²) in [6.45, 7) is 3.53. The molecule has 7 heteroatoms. The van der Waals surface area contributed by atoms with E-state index in [1.807, 2.05) is 18.2 Å². The molecule has 1 saturated heterocycles. The number of hydrogen-bond donors (Lipinski definition) is 1. The zero-order valence-corrected chi connectivity index (χ0v) is 13.0. The summed E-state index contributed by atoms with van der Waals surface area (Å²) < 4.78 is 26.3. The van der Waals surface area contributed by atoms with Crippen molar-refractivity contribution in [3.05, 3.63) is 35.4 Å². The first-order valence-corrected chi connectivity index (χ1v) is 8.54. The Balaban J connectivity index is 2.03. The Morgan fingerprint density at radius 3 is 2.38 bits per heavy atom. The van der Waals surface area contributed by atoms with Crippen LogP contribution in [0, 0.1) is 0 Å². The molecule has 0 unspecified atom stereocenters. The maximum absolute atomic E-state index is 12.4. The molecule has 0 atom stereocenters. The summed E-state index contributed by atoms with van der Waals surface area (Å²) in [5.74, 6) is -0.0383. The number of nitrogens with two attached hydrogens (primary N) is 1. The van der Waals surface area contributed by atoms with Gasteiger partial charge in [-0.15, -0.1) is 0 Å². The van der Waals surface area contributed by atoms with Crippen LogP contribution < -0.4 is 5.73 Å². The first-order chi connectivity index (χ1) is 9.92. The summed E-state index contributed by atoms with van der Waals surface area (Å²) in [7, 11) is -3.36. The molecule has 116 valence electrons. The maximum Gasteiger partial charge on any atom is 0.219 e. The molecule has 6 nitrogen and oxygen atoms in total. The lowest BCUT2D eigenvalue weighted by molar-refractivity contribution is -0.129. The van der Waals surface area contributed by atoms with E-state index in [0.717, 1.165) is 11.1 Å². The van der Waals surface area contributed by atoms with E-state index in [1.54, 1.807) is 11.0 Å². The Kier molecular flexibility index (Phi) is 4.97. The smallest absolute Gasteiger partial charge is 0.219 e. The molecule has 1 aromatic rings. The quantitative estimate of drug-likeness (QED) is 0.857. The molecule has 0 bridgehead atoms. The average Bonchev–Trinajstić information content (AvgIpc) is 2.47. The lowest BCUT2D eigenvalue weighted by Gasteiger charge is -2.33. The lowest BCUT2D eigenvalue weighted by atomic mass is 10.1. The van der Waals surface area contributed by atoms with E-state index in [4.69, 9.17) is 5.73 Å². The number of nitrogens with zero attached hydrogens (tertiary/aromatic N) is 2. The highest BCUT2D eigenvalue weighted by Gasteiger charge is 2.27. The number of carbonyl (C=O) groups is 1. The third-order valence-electron chi connectivity index (χ3n) is 3.65. The normalized spacial score (nSPS) is 17.0.